The molecule has 1 heterocycles. The van der Waals surface area contributed by atoms with Crippen LogP contribution in [0.5, 0.6) is 5.75 Å². The topological polar surface area (TPSA) is 63.3 Å². The molecule has 0 aliphatic heterocycles. The third-order valence-electron chi connectivity index (χ3n) is 3.17. The zero-order chi connectivity index (χ0) is 14.4. The molecule has 0 fully saturated rings. The second-order valence-electron chi connectivity index (χ2n) is 4.60. The van der Waals surface area contributed by atoms with Gasteiger partial charge < -0.3 is 19.8 Å². The lowest BCUT2D eigenvalue weighted by Gasteiger charge is -2.05. The SMILES string of the molecule is COCCCNC(=O)Cc1c[nH]c2ccc(OC)cc12. The number of nitrogens with one attached hydrogen (secondary N) is 2. The molecule has 0 saturated heterocycles. The Kier molecular flexibility index (Phi) is 5.01. The highest BCUT2D eigenvalue weighted by Gasteiger charge is 2.09. The Labute approximate surface area is 118 Å². The monoisotopic (exact) mass is 276 g/mol. The summed E-state index contributed by atoms with van der Waals surface area (Å²) in [4.78, 5) is 15.0. The van der Waals surface area contributed by atoms with Gasteiger partial charge in [0.05, 0.1) is 13.5 Å². The molecule has 1 aromatic carbocycles. The maximum atomic E-state index is 11.9. The lowest BCUT2D eigenvalue weighted by Crippen LogP contribution is -2.26. The second kappa shape index (κ2) is 6.96. The predicted octanol–water partition coefficient (Wildman–Crippen LogP) is 1.87. The molecule has 0 unspecified atom stereocenters. The third-order valence-corrected chi connectivity index (χ3v) is 3.17. The summed E-state index contributed by atoms with van der Waals surface area (Å²) in [7, 11) is 3.29. The zero-order valence-corrected chi connectivity index (χ0v) is 11.9. The second-order valence-corrected chi connectivity index (χ2v) is 4.60. The minimum atomic E-state index is 0.0184. The van der Waals surface area contributed by atoms with Gasteiger partial charge in [-0.1, -0.05) is 0 Å². The number of fused-ring (bicyclic) bond motifs is 1. The molecule has 20 heavy (non-hydrogen) atoms. The Hall–Kier alpha value is -2.01. The van der Waals surface area contributed by atoms with Crippen LogP contribution in [0.3, 0.4) is 0 Å². The van der Waals surface area contributed by atoms with Gasteiger partial charge in [-0.25, -0.2) is 0 Å². The van der Waals surface area contributed by atoms with Crippen LogP contribution >= 0.6 is 0 Å². The van der Waals surface area contributed by atoms with Crippen LogP contribution in [-0.2, 0) is 16.0 Å². The van der Waals surface area contributed by atoms with Gasteiger partial charge in [-0.15, -0.1) is 0 Å². The van der Waals surface area contributed by atoms with Crippen LogP contribution in [0.15, 0.2) is 24.4 Å². The van der Waals surface area contributed by atoms with Crippen molar-refractivity contribution >= 4 is 16.8 Å². The molecule has 5 nitrogen and oxygen atoms in total. The number of hydrogen-bond acceptors (Lipinski definition) is 3. The van der Waals surface area contributed by atoms with Gasteiger partial charge in [-0.05, 0) is 30.2 Å². The maximum absolute atomic E-state index is 11.9. The molecule has 0 radical (unpaired) electrons. The van der Waals surface area contributed by atoms with E-state index in [1.807, 2.05) is 24.4 Å². The first-order chi connectivity index (χ1) is 9.74. The third kappa shape index (κ3) is 3.51. The number of methoxy groups -OCH3 is 2. The molecule has 0 saturated carbocycles. The normalized spacial score (nSPS) is 10.7. The zero-order valence-electron chi connectivity index (χ0n) is 11.9. The smallest absolute Gasteiger partial charge is 0.224 e. The number of H-pyrrole nitrogens is 1. The van der Waals surface area contributed by atoms with Crippen LogP contribution in [0, 0.1) is 0 Å². The fourth-order valence-electron chi connectivity index (χ4n) is 2.11. The number of amides is 1. The van der Waals surface area contributed by atoms with Crippen molar-refractivity contribution in [1.82, 2.24) is 10.3 Å². The summed E-state index contributed by atoms with van der Waals surface area (Å²) in [5.74, 6) is 0.809. The molecular weight excluding hydrogens is 256 g/mol. The van der Waals surface area contributed by atoms with E-state index in [0.29, 0.717) is 19.6 Å². The average Bonchev–Trinajstić information content (AvgIpc) is 2.86. The Bertz CT molecular complexity index is 578. The molecule has 0 aliphatic carbocycles. The van der Waals surface area contributed by atoms with E-state index in [4.69, 9.17) is 9.47 Å². The van der Waals surface area contributed by atoms with Crippen molar-refractivity contribution in [2.24, 2.45) is 0 Å². The minimum Gasteiger partial charge on any atom is -0.497 e. The standard InChI is InChI=1S/C15H20N2O3/c1-19-7-3-6-16-15(18)8-11-10-17-14-5-4-12(20-2)9-13(11)14/h4-5,9-10,17H,3,6-8H2,1-2H3,(H,16,18). The van der Waals surface area contributed by atoms with E-state index in [0.717, 1.165) is 28.6 Å². The number of ether oxygens (including phenoxy) is 2. The first-order valence-corrected chi connectivity index (χ1v) is 6.64. The van der Waals surface area contributed by atoms with Crippen molar-refractivity contribution < 1.29 is 14.3 Å². The highest BCUT2D eigenvalue weighted by atomic mass is 16.5. The van der Waals surface area contributed by atoms with E-state index >= 15 is 0 Å². The van der Waals surface area contributed by atoms with Crippen LogP contribution in [-0.4, -0.2) is 38.3 Å². The number of carbonyl (C=O) groups excluding carboxylic acids is 1. The van der Waals surface area contributed by atoms with Gasteiger partial charge in [-0.2, -0.15) is 0 Å². The number of benzene rings is 1. The van der Waals surface area contributed by atoms with Crippen LogP contribution in [0.25, 0.3) is 10.9 Å². The van der Waals surface area contributed by atoms with Crippen molar-refractivity contribution in [2.45, 2.75) is 12.8 Å². The summed E-state index contributed by atoms with van der Waals surface area (Å²) in [5, 5.41) is 3.91. The Morgan fingerprint density at radius 2 is 2.20 bits per heavy atom. The van der Waals surface area contributed by atoms with E-state index < -0.39 is 0 Å². The van der Waals surface area contributed by atoms with Gasteiger partial charge in [0.25, 0.3) is 0 Å². The van der Waals surface area contributed by atoms with E-state index in [-0.39, 0.29) is 5.91 Å². The number of aromatic nitrogens is 1. The summed E-state index contributed by atoms with van der Waals surface area (Å²) < 4.78 is 10.2. The lowest BCUT2D eigenvalue weighted by molar-refractivity contribution is -0.120. The van der Waals surface area contributed by atoms with E-state index in [9.17, 15) is 4.79 Å². The van der Waals surface area contributed by atoms with Crippen LogP contribution in [0.1, 0.15) is 12.0 Å². The van der Waals surface area contributed by atoms with Crippen molar-refractivity contribution in [2.75, 3.05) is 27.4 Å². The molecule has 2 aromatic rings. The quantitative estimate of drug-likeness (QED) is 0.759. The van der Waals surface area contributed by atoms with Gasteiger partial charge in [-0.3, -0.25) is 4.79 Å². The van der Waals surface area contributed by atoms with E-state index in [2.05, 4.69) is 10.3 Å². The number of aromatic amines is 1. The van der Waals surface area contributed by atoms with Crippen LogP contribution < -0.4 is 10.1 Å². The predicted molar refractivity (Wildman–Crippen MR) is 78.1 cm³/mol. The van der Waals surface area contributed by atoms with Crippen LogP contribution in [0.2, 0.25) is 0 Å². The summed E-state index contributed by atoms with van der Waals surface area (Å²) in [5.41, 5.74) is 1.98. The number of hydrogen-bond donors (Lipinski definition) is 2. The maximum Gasteiger partial charge on any atom is 0.224 e. The molecule has 5 heteroatoms. The van der Waals surface area contributed by atoms with Gasteiger partial charge in [0.15, 0.2) is 0 Å². The lowest BCUT2D eigenvalue weighted by atomic mass is 10.1. The van der Waals surface area contributed by atoms with Crippen LogP contribution in [0.4, 0.5) is 0 Å². The Balaban J connectivity index is 2.00. The Morgan fingerprint density at radius 1 is 1.35 bits per heavy atom. The number of rotatable bonds is 7. The largest absolute Gasteiger partial charge is 0.497 e. The Morgan fingerprint density at radius 3 is 2.95 bits per heavy atom. The highest BCUT2D eigenvalue weighted by molar-refractivity contribution is 5.89. The van der Waals surface area contributed by atoms with Gasteiger partial charge >= 0.3 is 0 Å². The molecule has 0 spiro atoms. The molecule has 2 N–H and O–H groups in total. The molecule has 2 rings (SSSR count). The van der Waals surface area contributed by atoms with E-state index in [1.165, 1.54) is 0 Å². The molecule has 0 bridgehead atoms. The molecule has 1 aromatic heterocycles. The van der Waals surface area contributed by atoms with Crippen molar-refractivity contribution in [3.05, 3.63) is 30.0 Å². The summed E-state index contributed by atoms with van der Waals surface area (Å²) >= 11 is 0. The summed E-state index contributed by atoms with van der Waals surface area (Å²) in [6, 6.07) is 5.79. The van der Waals surface area contributed by atoms with E-state index in [1.54, 1.807) is 14.2 Å². The van der Waals surface area contributed by atoms with Crippen molar-refractivity contribution in [1.29, 1.82) is 0 Å². The van der Waals surface area contributed by atoms with Gasteiger partial charge in [0.1, 0.15) is 5.75 Å². The van der Waals surface area contributed by atoms with Crippen molar-refractivity contribution in [3.8, 4) is 5.75 Å². The molecule has 1 amide bonds. The van der Waals surface area contributed by atoms with Crippen molar-refractivity contribution in [3.63, 3.8) is 0 Å². The fraction of sp³-hybridized carbons (Fsp3) is 0.400. The molecule has 108 valence electrons. The van der Waals surface area contributed by atoms with Gasteiger partial charge in [0.2, 0.25) is 5.91 Å². The minimum absolute atomic E-state index is 0.0184. The summed E-state index contributed by atoms with van der Waals surface area (Å²) in [6.07, 6.45) is 3.06. The highest BCUT2D eigenvalue weighted by Crippen LogP contribution is 2.23. The average molecular weight is 276 g/mol. The number of carbonyl (C=O) groups is 1. The fourth-order valence-corrected chi connectivity index (χ4v) is 2.11. The molecular formula is C15H20N2O3. The first kappa shape index (κ1) is 14.4. The summed E-state index contributed by atoms with van der Waals surface area (Å²) in [6.45, 7) is 1.29. The molecule has 0 aliphatic rings. The first-order valence-electron chi connectivity index (χ1n) is 6.64. The molecule has 0 atom stereocenters. The van der Waals surface area contributed by atoms with Gasteiger partial charge in [0, 0.05) is 37.4 Å².